The number of nitrogens with two attached hydrogens (primary N) is 1. The lowest BCUT2D eigenvalue weighted by Crippen LogP contribution is -2.18. The summed E-state index contributed by atoms with van der Waals surface area (Å²) < 4.78 is 13.2. The van der Waals surface area contributed by atoms with Gasteiger partial charge >= 0.3 is 0 Å². The molecule has 0 bridgehead atoms. The molecule has 2 fully saturated rings. The summed E-state index contributed by atoms with van der Waals surface area (Å²) in [5.41, 5.74) is 7.07. The van der Waals surface area contributed by atoms with Crippen LogP contribution in [-0.2, 0) is 4.79 Å². The van der Waals surface area contributed by atoms with Crippen molar-refractivity contribution >= 4 is 17.2 Å². The average Bonchev–Trinajstić information content (AvgIpc) is 2.80. The Morgan fingerprint density at radius 1 is 1.22 bits per heavy atom. The van der Waals surface area contributed by atoms with E-state index in [1.807, 2.05) is 0 Å². The predicted octanol–water partition coefficient (Wildman–Crippen LogP) is 2.58. The lowest BCUT2D eigenvalue weighted by molar-refractivity contribution is -0.117. The number of benzene rings is 1. The van der Waals surface area contributed by atoms with Crippen LogP contribution in [0.1, 0.15) is 25.7 Å². The average molecular weight is 248 g/mol. The van der Waals surface area contributed by atoms with Gasteiger partial charge in [-0.25, -0.2) is 4.39 Å². The molecule has 2 saturated carbocycles. The van der Waals surface area contributed by atoms with Crippen LogP contribution in [0.4, 0.5) is 15.8 Å². The lowest BCUT2D eigenvalue weighted by atomic mass is 10.0. The Morgan fingerprint density at radius 2 is 1.89 bits per heavy atom. The highest BCUT2D eigenvalue weighted by molar-refractivity contribution is 5.81. The van der Waals surface area contributed by atoms with Crippen molar-refractivity contribution in [3.05, 3.63) is 24.0 Å². The molecule has 3 N–H and O–H groups in total. The molecule has 96 valence electrons. The smallest absolute Gasteiger partial charge is 0.133 e. The molecule has 1 aromatic carbocycles. The number of hydrogen-bond acceptors (Lipinski definition) is 3. The van der Waals surface area contributed by atoms with E-state index in [4.69, 9.17) is 5.73 Å². The van der Waals surface area contributed by atoms with Crippen molar-refractivity contribution in [2.75, 3.05) is 11.1 Å². The molecule has 1 aromatic rings. The molecular weight excluding hydrogens is 231 g/mol. The molecule has 2 unspecified atom stereocenters. The zero-order valence-corrected chi connectivity index (χ0v) is 10.2. The second-order valence-corrected chi connectivity index (χ2v) is 5.51. The van der Waals surface area contributed by atoms with Crippen molar-refractivity contribution in [2.45, 2.75) is 31.7 Å². The molecule has 3 nitrogen and oxygen atoms in total. The quantitative estimate of drug-likeness (QED) is 0.791. The van der Waals surface area contributed by atoms with Gasteiger partial charge in [-0.3, -0.25) is 4.79 Å². The van der Waals surface area contributed by atoms with Gasteiger partial charge in [0.15, 0.2) is 0 Å². The number of anilines is 2. The van der Waals surface area contributed by atoms with E-state index < -0.39 is 0 Å². The van der Waals surface area contributed by atoms with E-state index in [-0.39, 0.29) is 5.82 Å². The number of hydrogen-bond donors (Lipinski definition) is 2. The Labute approximate surface area is 106 Å². The maximum atomic E-state index is 13.2. The molecule has 0 aromatic heterocycles. The summed E-state index contributed by atoms with van der Waals surface area (Å²) in [5.74, 6) is 1.16. The van der Waals surface area contributed by atoms with Gasteiger partial charge in [-0.1, -0.05) is 0 Å². The fraction of sp³-hybridized carbons (Fsp3) is 0.500. The van der Waals surface area contributed by atoms with Crippen molar-refractivity contribution < 1.29 is 9.18 Å². The number of ketones is 1. The summed E-state index contributed by atoms with van der Waals surface area (Å²) in [5, 5.41) is 3.32. The van der Waals surface area contributed by atoms with Crippen LogP contribution in [0.25, 0.3) is 0 Å². The number of fused-ring (bicyclic) bond motifs is 1. The molecule has 18 heavy (non-hydrogen) atoms. The zero-order chi connectivity index (χ0) is 12.7. The minimum absolute atomic E-state index is 0.278. The highest BCUT2D eigenvalue weighted by Crippen LogP contribution is 2.43. The number of halogens is 1. The van der Waals surface area contributed by atoms with Crippen LogP contribution in [0, 0.1) is 17.7 Å². The molecule has 0 saturated heterocycles. The van der Waals surface area contributed by atoms with Gasteiger partial charge in [0.1, 0.15) is 11.6 Å². The standard InChI is InChI=1S/C14H17FN2O/c15-10-1-2-13(16)14(7-10)17-11-3-8-5-12(18)6-9(8)4-11/h1-2,7-9,11,17H,3-6,16H2. The summed E-state index contributed by atoms with van der Waals surface area (Å²) in [4.78, 5) is 11.3. The number of carbonyl (C=O) groups excluding carboxylic acids is 1. The third kappa shape index (κ3) is 2.07. The van der Waals surface area contributed by atoms with Gasteiger partial charge in [-0.05, 0) is 42.9 Å². The minimum Gasteiger partial charge on any atom is -0.397 e. The first-order valence-electron chi connectivity index (χ1n) is 6.45. The van der Waals surface area contributed by atoms with Crippen molar-refractivity contribution in [3.63, 3.8) is 0 Å². The first-order chi connectivity index (χ1) is 8.61. The van der Waals surface area contributed by atoms with Crippen LogP contribution in [0.15, 0.2) is 18.2 Å². The largest absolute Gasteiger partial charge is 0.397 e. The first-order valence-corrected chi connectivity index (χ1v) is 6.45. The molecule has 3 rings (SSSR count). The highest BCUT2D eigenvalue weighted by Gasteiger charge is 2.41. The Bertz CT molecular complexity index is 473. The van der Waals surface area contributed by atoms with E-state index in [0.717, 1.165) is 25.7 Å². The summed E-state index contributed by atoms with van der Waals surface area (Å²) >= 11 is 0. The molecule has 0 heterocycles. The molecule has 4 heteroatoms. The normalized spacial score (nSPS) is 30.5. The van der Waals surface area contributed by atoms with Gasteiger partial charge in [0, 0.05) is 18.9 Å². The maximum absolute atomic E-state index is 13.2. The van der Waals surface area contributed by atoms with Gasteiger partial charge in [-0.2, -0.15) is 0 Å². The van der Waals surface area contributed by atoms with Crippen LogP contribution < -0.4 is 11.1 Å². The Kier molecular flexibility index (Phi) is 2.73. The summed E-state index contributed by atoms with van der Waals surface area (Å²) in [7, 11) is 0. The molecule has 2 aliphatic carbocycles. The van der Waals surface area contributed by atoms with Crippen molar-refractivity contribution in [3.8, 4) is 0 Å². The predicted molar refractivity (Wildman–Crippen MR) is 68.7 cm³/mol. The SMILES string of the molecule is Nc1ccc(F)cc1NC1CC2CC(=O)CC2C1. The zero-order valence-electron chi connectivity index (χ0n) is 10.2. The fourth-order valence-electron chi connectivity index (χ4n) is 3.37. The van der Waals surface area contributed by atoms with E-state index in [2.05, 4.69) is 5.32 Å². The molecule has 2 aliphatic rings. The third-order valence-corrected chi connectivity index (χ3v) is 4.20. The summed E-state index contributed by atoms with van der Waals surface area (Å²) in [6.45, 7) is 0. The molecular formula is C14H17FN2O. The Morgan fingerprint density at radius 3 is 2.56 bits per heavy atom. The van der Waals surface area contributed by atoms with Gasteiger partial charge in [0.05, 0.1) is 11.4 Å². The Hall–Kier alpha value is -1.58. The molecule has 0 spiro atoms. The van der Waals surface area contributed by atoms with Crippen molar-refractivity contribution in [1.82, 2.24) is 0 Å². The monoisotopic (exact) mass is 248 g/mol. The van der Waals surface area contributed by atoms with E-state index >= 15 is 0 Å². The topological polar surface area (TPSA) is 55.1 Å². The molecule has 0 aliphatic heterocycles. The highest BCUT2D eigenvalue weighted by atomic mass is 19.1. The van der Waals surface area contributed by atoms with Gasteiger partial charge < -0.3 is 11.1 Å². The van der Waals surface area contributed by atoms with Crippen LogP contribution in [0.5, 0.6) is 0 Å². The van der Waals surface area contributed by atoms with E-state index in [0.29, 0.717) is 35.0 Å². The van der Waals surface area contributed by atoms with E-state index in [9.17, 15) is 9.18 Å². The van der Waals surface area contributed by atoms with Gasteiger partial charge in [0.2, 0.25) is 0 Å². The van der Waals surface area contributed by atoms with Crippen LogP contribution in [0.3, 0.4) is 0 Å². The first kappa shape index (κ1) is 11.5. The van der Waals surface area contributed by atoms with Gasteiger partial charge in [0.25, 0.3) is 0 Å². The lowest BCUT2D eigenvalue weighted by Gasteiger charge is -2.16. The van der Waals surface area contributed by atoms with Crippen molar-refractivity contribution in [1.29, 1.82) is 0 Å². The second kappa shape index (κ2) is 4.26. The summed E-state index contributed by atoms with van der Waals surface area (Å²) in [6.07, 6.45) is 3.43. The Balaban J connectivity index is 1.68. The van der Waals surface area contributed by atoms with E-state index in [1.54, 1.807) is 6.07 Å². The number of rotatable bonds is 2. The molecule has 0 amide bonds. The van der Waals surface area contributed by atoms with Crippen LogP contribution >= 0.6 is 0 Å². The van der Waals surface area contributed by atoms with Gasteiger partial charge in [-0.15, -0.1) is 0 Å². The molecule has 0 radical (unpaired) electrons. The number of nitrogens with one attached hydrogen (secondary N) is 1. The second-order valence-electron chi connectivity index (χ2n) is 5.51. The maximum Gasteiger partial charge on any atom is 0.133 e. The molecule has 2 atom stereocenters. The minimum atomic E-state index is -0.278. The van der Waals surface area contributed by atoms with E-state index in [1.165, 1.54) is 12.1 Å². The number of Topliss-reactive ketones (excluding diaryl/α,β-unsaturated/α-hetero) is 1. The van der Waals surface area contributed by atoms with Crippen molar-refractivity contribution in [2.24, 2.45) is 11.8 Å². The third-order valence-electron chi connectivity index (χ3n) is 4.20. The number of carbonyl (C=O) groups is 1. The number of nitrogen functional groups attached to an aromatic ring is 1. The summed E-state index contributed by atoms with van der Waals surface area (Å²) in [6, 6.07) is 4.70. The fourth-order valence-corrected chi connectivity index (χ4v) is 3.37. The van der Waals surface area contributed by atoms with Crippen LogP contribution in [-0.4, -0.2) is 11.8 Å². The van der Waals surface area contributed by atoms with Crippen LogP contribution in [0.2, 0.25) is 0 Å².